The number of hydrogen-bond donors (Lipinski definition) is 1. The molecule has 1 amide bonds. The summed E-state index contributed by atoms with van der Waals surface area (Å²) in [4.78, 5) is 20.6. The Morgan fingerprint density at radius 1 is 1.18 bits per heavy atom. The Kier molecular flexibility index (Phi) is 3.91. The van der Waals surface area contributed by atoms with Gasteiger partial charge >= 0.3 is 0 Å². The van der Waals surface area contributed by atoms with Gasteiger partial charge in [0.25, 0.3) is 5.91 Å². The summed E-state index contributed by atoms with van der Waals surface area (Å²) in [5.41, 5.74) is 2.18. The van der Waals surface area contributed by atoms with E-state index in [0.29, 0.717) is 36.9 Å². The SMILES string of the molecule is CCc1nc(C)c(C(=O)NCCc2nc3ccccc3o2)o1. The van der Waals surface area contributed by atoms with E-state index in [0.717, 1.165) is 11.1 Å². The summed E-state index contributed by atoms with van der Waals surface area (Å²) in [6.45, 7) is 4.12. The van der Waals surface area contributed by atoms with Crippen molar-refractivity contribution in [3.63, 3.8) is 0 Å². The van der Waals surface area contributed by atoms with Crippen molar-refractivity contribution >= 4 is 17.0 Å². The van der Waals surface area contributed by atoms with Crippen LogP contribution in [0.2, 0.25) is 0 Å². The van der Waals surface area contributed by atoms with Gasteiger partial charge in [-0.3, -0.25) is 4.79 Å². The minimum atomic E-state index is -0.263. The van der Waals surface area contributed by atoms with Crippen LogP contribution in [0.25, 0.3) is 11.1 Å². The molecule has 114 valence electrons. The zero-order valence-corrected chi connectivity index (χ0v) is 12.5. The number of carbonyl (C=O) groups is 1. The van der Waals surface area contributed by atoms with Crippen molar-refractivity contribution in [3.05, 3.63) is 47.5 Å². The summed E-state index contributed by atoms with van der Waals surface area (Å²) in [5.74, 6) is 1.18. The van der Waals surface area contributed by atoms with Gasteiger partial charge in [-0.25, -0.2) is 9.97 Å². The molecule has 3 rings (SSSR count). The Morgan fingerprint density at radius 2 is 2.00 bits per heavy atom. The Morgan fingerprint density at radius 3 is 2.73 bits per heavy atom. The summed E-state index contributed by atoms with van der Waals surface area (Å²) in [6, 6.07) is 7.57. The molecular weight excluding hydrogens is 282 g/mol. The van der Waals surface area contributed by atoms with Crippen molar-refractivity contribution in [1.82, 2.24) is 15.3 Å². The Balaban J connectivity index is 1.60. The highest BCUT2D eigenvalue weighted by Gasteiger charge is 2.16. The van der Waals surface area contributed by atoms with Gasteiger partial charge in [-0.1, -0.05) is 19.1 Å². The van der Waals surface area contributed by atoms with Crippen LogP contribution in [0.5, 0.6) is 0 Å². The van der Waals surface area contributed by atoms with Crippen LogP contribution in [-0.2, 0) is 12.8 Å². The normalized spacial score (nSPS) is 11.0. The van der Waals surface area contributed by atoms with Crippen molar-refractivity contribution < 1.29 is 13.6 Å². The van der Waals surface area contributed by atoms with E-state index in [1.807, 2.05) is 31.2 Å². The number of aryl methyl sites for hydroxylation is 2. The molecule has 0 radical (unpaired) electrons. The molecule has 2 aromatic heterocycles. The first-order chi connectivity index (χ1) is 10.7. The number of para-hydroxylation sites is 2. The molecule has 0 aliphatic rings. The number of carbonyl (C=O) groups excluding carboxylic acids is 1. The van der Waals surface area contributed by atoms with Gasteiger partial charge in [-0.15, -0.1) is 0 Å². The van der Waals surface area contributed by atoms with Crippen LogP contribution in [0.3, 0.4) is 0 Å². The number of amides is 1. The van der Waals surface area contributed by atoms with E-state index in [2.05, 4.69) is 15.3 Å². The van der Waals surface area contributed by atoms with Gasteiger partial charge in [0.1, 0.15) is 5.52 Å². The molecule has 6 nitrogen and oxygen atoms in total. The van der Waals surface area contributed by atoms with Crippen LogP contribution in [0.4, 0.5) is 0 Å². The molecule has 0 fully saturated rings. The van der Waals surface area contributed by atoms with E-state index < -0.39 is 0 Å². The molecule has 1 N–H and O–H groups in total. The van der Waals surface area contributed by atoms with Gasteiger partial charge < -0.3 is 14.2 Å². The van der Waals surface area contributed by atoms with Crippen LogP contribution < -0.4 is 5.32 Å². The third-order valence-electron chi connectivity index (χ3n) is 3.31. The average Bonchev–Trinajstić information content (AvgIpc) is 3.09. The Hall–Kier alpha value is -2.63. The lowest BCUT2D eigenvalue weighted by Gasteiger charge is -2.01. The molecule has 0 atom stereocenters. The van der Waals surface area contributed by atoms with E-state index >= 15 is 0 Å². The fourth-order valence-corrected chi connectivity index (χ4v) is 2.20. The molecule has 0 saturated heterocycles. The minimum absolute atomic E-state index is 0.263. The topological polar surface area (TPSA) is 81.2 Å². The summed E-state index contributed by atoms with van der Waals surface area (Å²) in [7, 11) is 0. The first-order valence-electron chi connectivity index (χ1n) is 7.26. The highest BCUT2D eigenvalue weighted by atomic mass is 16.4. The number of benzene rings is 1. The summed E-state index contributed by atoms with van der Waals surface area (Å²) < 4.78 is 11.0. The number of nitrogens with zero attached hydrogens (tertiary/aromatic N) is 2. The van der Waals surface area contributed by atoms with Crippen molar-refractivity contribution in [2.75, 3.05) is 6.54 Å². The average molecular weight is 299 g/mol. The molecule has 0 saturated carbocycles. The van der Waals surface area contributed by atoms with E-state index in [4.69, 9.17) is 8.83 Å². The maximum absolute atomic E-state index is 12.1. The van der Waals surface area contributed by atoms with Crippen LogP contribution in [0.1, 0.15) is 35.0 Å². The fourth-order valence-electron chi connectivity index (χ4n) is 2.20. The smallest absolute Gasteiger partial charge is 0.289 e. The van der Waals surface area contributed by atoms with Crippen molar-refractivity contribution in [1.29, 1.82) is 0 Å². The lowest BCUT2D eigenvalue weighted by Crippen LogP contribution is -2.26. The summed E-state index contributed by atoms with van der Waals surface area (Å²) >= 11 is 0. The molecule has 6 heteroatoms. The molecule has 0 unspecified atom stereocenters. The number of rotatable bonds is 5. The number of nitrogens with one attached hydrogen (secondary N) is 1. The second kappa shape index (κ2) is 6.01. The van der Waals surface area contributed by atoms with Gasteiger partial charge in [0, 0.05) is 19.4 Å². The number of aromatic nitrogens is 2. The quantitative estimate of drug-likeness (QED) is 0.783. The fraction of sp³-hybridized carbons (Fsp3) is 0.312. The second-order valence-electron chi connectivity index (χ2n) is 4.96. The van der Waals surface area contributed by atoms with Crippen LogP contribution >= 0.6 is 0 Å². The largest absolute Gasteiger partial charge is 0.441 e. The van der Waals surface area contributed by atoms with Crippen molar-refractivity contribution in [2.24, 2.45) is 0 Å². The minimum Gasteiger partial charge on any atom is -0.441 e. The molecule has 0 spiro atoms. The van der Waals surface area contributed by atoms with Gasteiger partial charge in [-0.05, 0) is 19.1 Å². The highest BCUT2D eigenvalue weighted by molar-refractivity contribution is 5.92. The van der Waals surface area contributed by atoms with Crippen molar-refractivity contribution in [3.8, 4) is 0 Å². The van der Waals surface area contributed by atoms with Crippen LogP contribution in [0, 0.1) is 6.92 Å². The molecule has 0 aliphatic heterocycles. The molecule has 0 aliphatic carbocycles. The third kappa shape index (κ3) is 2.86. The third-order valence-corrected chi connectivity index (χ3v) is 3.31. The zero-order valence-electron chi connectivity index (χ0n) is 12.5. The van der Waals surface area contributed by atoms with E-state index in [-0.39, 0.29) is 11.7 Å². The monoisotopic (exact) mass is 299 g/mol. The van der Waals surface area contributed by atoms with Gasteiger partial charge in [-0.2, -0.15) is 0 Å². The standard InChI is InChI=1S/C16H17N3O3/c1-3-13-18-10(2)15(22-13)16(20)17-9-8-14-19-11-6-4-5-7-12(11)21-14/h4-7H,3,8-9H2,1-2H3,(H,17,20). The molecule has 2 heterocycles. The molecular formula is C16H17N3O3. The number of hydrogen-bond acceptors (Lipinski definition) is 5. The van der Waals surface area contributed by atoms with E-state index in [9.17, 15) is 4.79 Å². The van der Waals surface area contributed by atoms with Crippen molar-refractivity contribution in [2.45, 2.75) is 26.7 Å². The Bertz CT molecular complexity index is 771. The predicted octanol–water partition coefficient (Wildman–Crippen LogP) is 2.66. The lowest BCUT2D eigenvalue weighted by molar-refractivity contribution is 0.0923. The maximum Gasteiger partial charge on any atom is 0.289 e. The van der Waals surface area contributed by atoms with E-state index in [1.165, 1.54) is 0 Å². The Labute approximate surface area is 127 Å². The molecule has 1 aromatic carbocycles. The zero-order chi connectivity index (χ0) is 15.5. The van der Waals surface area contributed by atoms with Gasteiger partial charge in [0.15, 0.2) is 17.4 Å². The summed E-state index contributed by atoms with van der Waals surface area (Å²) in [5, 5.41) is 2.80. The number of oxazole rings is 2. The first-order valence-corrected chi connectivity index (χ1v) is 7.26. The highest BCUT2D eigenvalue weighted by Crippen LogP contribution is 2.15. The summed E-state index contributed by atoms with van der Waals surface area (Å²) in [6.07, 6.45) is 1.19. The predicted molar refractivity (Wildman–Crippen MR) is 80.7 cm³/mol. The maximum atomic E-state index is 12.1. The number of fused-ring (bicyclic) bond motifs is 1. The van der Waals surface area contributed by atoms with Gasteiger partial charge in [0.2, 0.25) is 5.76 Å². The van der Waals surface area contributed by atoms with Crippen LogP contribution in [-0.4, -0.2) is 22.4 Å². The molecule has 0 bridgehead atoms. The second-order valence-corrected chi connectivity index (χ2v) is 4.96. The van der Waals surface area contributed by atoms with Crippen LogP contribution in [0.15, 0.2) is 33.1 Å². The molecule has 22 heavy (non-hydrogen) atoms. The van der Waals surface area contributed by atoms with Gasteiger partial charge in [0.05, 0.1) is 5.69 Å². The molecule has 3 aromatic rings. The first kappa shape index (κ1) is 14.3. The van der Waals surface area contributed by atoms with E-state index in [1.54, 1.807) is 6.92 Å². The lowest BCUT2D eigenvalue weighted by atomic mass is 10.3.